The number of hydrogen-bond acceptors (Lipinski definition) is 4. The number of carbonyl (C=O) groups excluding carboxylic acids is 2. The smallest absolute Gasteiger partial charge is 0.287 e. The third-order valence-electron chi connectivity index (χ3n) is 2.79. The second-order valence-electron chi connectivity index (χ2n) is 4.20. The maximum atomic E-state index is 11.9. The van der Waals surface area contributed by atoms with Crippen molar-refractivity contribution in [1.82, 2.24) is 10.2 Å². The van der Waals surface area contributed by atoms with Gasteiger partial charge in [0.15, 0.2) is 5.76 Å². The van der Waals surface area contributed by atoms with E-state index in [0.717, 1.165) is 12.8 Å². The van der Waals surface area contributed by atoms with Crippen LogP contribution < -0.4 is 5.32 Å². The molecule has 1 aliphatic rings. The SMILES string of the molecule is O=C(NCC(=O)N(CCO)C1CC1)c1ccco1. The van der Waals surface area contributed by atoms with Crippen LogP contribution in [0.5, 0.6) is 0 Å². The van der Waals surface area contributed by atoms with Crippen molar-refractivity contribution in [1.29, 1.82) is 0 Å². The Morgan fingerprint density at radius 1 is 1.50 bits per heavy atom. The van der Waals surface area contributed by atoms with E-state index in [2.05, 4.69) is 5.32 Å². The van der Waals surface area contributed by atoms with Crippen LogP contribution in [0.15, 0.2) is 22.8 Å². The van der Waals surface area contributed by atoms with Gasteiger partial charge in [0.2, 0.25) is 5.91 Å². The molecule has 0 aliphatic heterocycles. The largest absolute Gasteiger partial charge is 0.459 e. The van der Waals surface area contributed by atoms with Crippen molar-refractivity contribution in [2.24, 2.45) is 0 Å². The summed E-state index contributed by atoms with van der Waals surface area (Å²) in [6, 6.07) is 3.37. The highest BCUT2D eigenvalue weighted by atomic mass is 16.3. The highest BCUT2D eigenvalue weighted by molar-refractivity contribution is 5.94. The lowest BCUT2D eigenvalue weighted by atomic mass is 10.4. The van der Waals surface area contributed by atoms with Gasteiger partial charge >= 0.3 is 0 Å². The average molecular weight is 252 g/mol. The Balaban J connectivity index is 1.81. The molecule has 6 heteroatoms. The Morgan fingerprint density at radius 2 is 2.28 bits per heavy atom. The normalized spacial score (nSPS) is 14.3. The van der Waals surface area contributed by atoms with Gasteiger partial charge in [-0.15, -0.1) is 0 Å². The number of aliphatic hydroxyl groups excluding tert-OH is 1. The predicted molar refractivity (Wildman–Crippen MR) is 62.9 cm³/mol. The van der Waals surface area contributed by atoms with E-state index in [-0.39, 0.29) is 30.9 Å². The van der Waals surface area contributed by atoms with Gasteiger partial charge in [-0.25, -0.2) is 0 Å². The van der Waals surface area contributed by atoms with E-state index < -0.39 is 5.91 Å². The van der Waals surface area contributed by atoms with E-state index in [0.29, 0.717) is 6.54 Å². The summed E-state index contributed by atoms with van der Waals surface area (Å²) >= 11 is 0. The first-order chi connectivity index (χ1) is 8.72. The van der Waals surface area contributed by atoms with E-state index in [1.54, 1.807) is 11.0 Å². The molecule has 1 aromatic heterocycles. The highest BCUT2D eigenvalue weighted by Crippen LogP contribution is 2.26. The Labute approximate surface area is 105 Å². The quantitative estimate of drug-likeness (QED) is 0.746. The molecule has 1 aliphatic carbocycles. The fourth-order valence-corrected chi connectivity index (χ4v) is 1.76. The van der Waals surface area contributed by atoms with Crippen molar-refractivity contribution in [3.63, 3.8) is 0 Å². The van der Waals surface area contributed by atoms with Gasteiger partial charge < -0.3 is 19.7 Å². The Hall–Kier alpha value is -1.82. The van der Waals surface area contributed by atoms with Gasteiger partial charge in [-0.05, 0) is 25.0 Å². The first-order valence-electron chi connectivity index (χ1n) is 5.94. The van der Waals surface area contributed by atoms with Crippen LogP contribution in [0.1, 0.15) is 23.4 Å². The molecule has 0 atom stereocenters. The molecular weight excluding hydrogens is 236 g/mol. The van der Waals surface area contributed by atoms with Gasteiger partial charge in [-0.1, -0.05) is 0 Å². The maximum absolute atomic E-state index is 11.9. The van der Waals surface area contributed by atoms with Crippen LogP contribution in [0.3, 0.4) is 0 Å². The third kappa shape index (κ3) is 3.10. The lowest BCUT2D eigenvalue weighted by Crippen LogP contribution is -2.42. The number of nitrogens with zero attached hydrogens (tertiary/aromatic N) is 1. The summed E-state index contributed by atoms with van der Waals surface area (Å²) in [5.41, 5.74) is 0. The Morgan fingerprint density at radius 3 is 2.83 bits per heavy atom. The van der Waals surface area contributed by atoms with Crippen LogP contribution >= 0.6 is 0 Å². The molecule has 0 unspecified atom stereocenters. The summed E-state index contributed by atoms with van der Waals surface area (Å²) in [4.78, 5) is 25.0. The van der Waals surface area contributed by atoms with Gasteiger partial charge in [-0.3, -0.25) is 9.59 Å². The van der Waals surface area contributed by atoms with Crippen molar-refractivity contribution >= 4 is 11.8 Å². The first-order valence-corrected chi connectivity index (χ1v) is 5.94. The Bertz CT molecular complexity index is 412. The van der Waals surface area contributed by atoms with Crippen molar-refractivity contribution in [3.8, 4) is 0 Å². The van der Waals surface area contributed by atoms with Crippen LogP contribution in [-0.2, 0) is 4.79 Å². The molecule has 0 aromatic carbocycles. The summed E-state index contributed by atoms with van der Waals surface area (Å²) in [6.45, 7) is 0.185. The minimum atomic E-state index is -0.409. The molecule has 1 aromatic rings. The molecule has 18 heavy (non-hydrogen) atoms. The number of rotatable bonds is 6. The summed E-state index contributed by atoms with van der Waals surface area (Å²) < 4.78 is 4.92. The molecule has 0 bridgehead atoms. The van der Waals surface area contributed by atoms with Gasteiger partial charge in [0, 0.05) is 12.6 Å². The predicted octanol–water partition coefficient (Wildman–Crippen LogP) is -0.00730. The highest BCUT2D eigenvalue weighted by Gasteiger charge is 2.31. The number of amides is 2. The Kier molecular flexibility index (Phi) is 3.99. The molecule has 1 fully saturated rings. The third-order valence-corrected chi connectivity index (χ3v) is 2.79. The first kappa shape index (κ1) is 12.6. The average Bonchev–Trinajstić information content (AvgIpc) is 3.06. The molecular formula is C12H16N2O4. The van der Waals surface area contributed by atoms with Crippen molar-refractivity contribution in [3.05, 3.63) is 24.2 Å². The monoisotopic (exact) mass is 252 g/mol. The van der Waals surface area contributed by atoms with Crippen molar-refractivity contribution in [2.75, 3.05) is 19.7 Å². The molecule has 0 radical (unpaired) electrons. The fraction of sp³-hybridized carbons (Fsp3) is 0.500. The zero-order valence-corrected chi connectivity index (χ0v) is 9.96. The van der Waals surface area contributed by atoms with E-state index in [1.807, 2.05) is 0 Å². The van der Waals surface area contributed by atoms with Crippen LogP contribution in [0, 0.1) is 0 Å². The van der Waals surface area contributed by atoms with Gasteiger partial charge in [0.05, 0.1) is 19.4 Å². The number of carbonyl (C=O) groups is 2. The molecule has 2 N–H and O–H groups in total. The van der Waals surface area contributed by atoms with Gasteiger partial charge in [0.1, 0.15) is 0 Å². The standard InChI is InChI=1S/C12H16N2O4/c15-6-5-14(9-3-4-9)11(16)8-13-12(17)10-2-1-7-18-10/h1-2,7,9,15H,3-6,8H2,(H,13,17). The lowest BCUT2D eigenvalue weighted by molar-refractivity contribution is -0.131. The van der Waals surface area contributed by atoms with E-state index in [9.17, 15) is 9.59 Å². The van der Waals surface area contributed by atoms with Crippen LogP contribution in [0.25, 0.3) is 0 Å². The zero-order chi connectivity index (χ0) is 13.0. The van der Waals surface area contributed by atoms with Gasteiger partial charge in [0.25, 0.3) is 5.91 Å². The second-order valence-corrected chi connectivity index (χ2v) is 4.20. The fourth-order valence-electron chi connectivity index (χ4n) is 1.76. The molecule has 98 valence electrons. The molecule has 2 amide bonds. The summed E-state index contributed by atoms with van der Waals surface area (Å²) in [5.74, 6) is -0.400. The maximum Gasteiger partial charge on any atom is 0.287 e. The molecule has 0 saturated heterocycles. The zero-order valence-electron chi connectivity index (χ0n) is 9.96. The topological polar surface area (TPSA) is 82.8 Å². The second kappa shape index (κ2) is 5.68. The van der Waals surface area contributed by atoms with Crippen molar-refractivity contribution in [2.45, 2.75) is 18.9 Å². The van der Waals surface area contributed by atoms with Gasteiger partial charge in [-0.2, -0.15) is 0 Å². The minimum absolute atomic E-state index is 0.0611. The molecule has 6 nitrogen and oxygen atoms in total. The summed E-state index contributed by atoms with van der Waals surface area (Å²) in [6.07, 6.45) is 3.34. The van der Waals surface area contributed by atoms with Crippen molar-refractivity contribution < 1.29 is 19.1 Å². The lowest BCUT2D eigenvalue weighted by Gasteiger charge is -2.21. The van der Waals surface area contributed by atoms with E-state index in [1.165, 1.54) is 12.3 Å². The van der Waals surface area contributed by atoms with Crippen LogP contribution in [-0.4, -0.2) is 47.6 Å². The number of hydrogen-bond donors (Lipinski definition) is 2. The van der Waals surface area contributed by atoms with Crippen LogP contribution in [0.2, 0.25) is 0 Å². The van der Waals surface area contributed by atoms with Crippen LogP contribution in [0.4, 0.5) is 0 Å². The minimum Gasteiger partial charge on any atom is -0.459 e. The number of nitrogens with one attached hydrogen (secondary N) is 1. The molecule has 0 spiro atoms. The number of furan rings is 1. The molecule has 1 heterocycles. The summed E-state index contributed by atoms with van der Waals surface area (Å²) in [5, 5.41) is 11.4. The molecule has 1 saturated carbocycles. The number of aliphatic hydroxyl groups is 1. The molecule has 2 rings (SSSR count). The summed E-state index contributed by atoms with van der Waals surface area (Å²) in [7, 11) is 0. The van der Waals surface area contributed by atoms with E-state index in [4.69, 9.17) is 9.52 Å². The van der Waals surface area contributed by atoms with E-state index >= 15 is 0 Å².